The van der Waals surface area contributed by atoms with Crippen molar-refractivity contribution in [2.75, 3.05) is 20.8 Å². The molecule has 2 heteroatoms. The van der Waals surface area contributed by atoms with Crippen LogP contribution in [0.15, 0.2) is 84.2 Å². The highest BCUT2D eigenvalue weighted by Crippen LogP contribution is 2.26. The van der Waals surface area contributed by atoms with E-state index < -0.39 is 0 Å². The lowest BCUT2D eigenvalue weighted by Crippen LogP contribution is -2.00. The summed E-state index contributed by atoms with van der Waals surface area (Å²) in [4.78, 5) is 0. The maximum Gasteiger partial charge on any atom is 0.114 e. The topological polar surface area (TPSA) is 18.5 Å². The van der Waals surface area contributed by atoms with Crippen molar-refractivity contribution in [2.45, 2.75) is 47.0 Å². The first-order chi connectivity index (χ1) is 13.2. The Morgan fingerprint density at radius 3 is 2.07 bits per heavy atom. The minimum Gasteiger partial charge on any atom is -0.497 e. The maximum atomic E-state index is 5.30. The van der Waals surface area contributed by atoms with Crippen LogP contribution in [0.5, 0.6) is 0 Å². The molecule has 0 heterocycles. The fraction of sp³-hybridized carbons (Fsp3) is 0.462. The molecule has 0 aliphatic heterocycles. The molecule has 156 valence electrons. The molecule has 0 aliphatic rings. The third-order valence-corrected chi connectivity index (χ3v) is 5.00. The van der Waals surface area contributed by atoms with E-state index in [0.29, 0.717) is 24.7 Å². The van der Waals surface area contributed by atoms with Gasteiger partial charge < -0.3 is 9.47 Å². The summed E-state index contributed by atoms with van der Waals surface area (Å²) in [5, 5.41) is 0. The minimum absolute atomic E-state index is 0.290. The van der Waals surface area contributed by atoms with Gasteiger partial charge in [0.25, 0.3) is 0 Å². The van der Waals surface area contributed by atoms with Crippen LogP contribution in [0.3, 0.4) is 0 Å². The van der Waals surface area contributed by atoms with Gasteiger partial charge in [0.2, 0.25) is 0 Å². The normalized spacial score (nSPS) is 14.6. The highest BCUT2D eigenvalue weighted by atomic mass is 16.5. The van der Waals surface area contributed by atoms with Gasteiger partial charge in [-0.25, -0.2) is 0 Å². The average molecular weight is 385 g/mol. The van der Waals surface area contributed by atoms with Gasteiger partial charge in [0.05, 0.1) is 13.7 Å². The number of methoxy groups -OCH3 is 2. The van der Waals surface area contributed by atoms with E-state index in [9.17, 15) is 0 Å². The fourth-order valence-electron chi connectivity index (χ4n) is 2.51. The molecule has 0 N–H and O–H groups in total. The van der Waals surface area contributed by atoms with E-state index in [1.165, 1.54) is 0 Å². The van der Waals surface area contributed by atoms with E-state index in [4.69, 9.17) is 9.47 Å². The van der Waals surface area contributed by atoms with Crippen molar-refractivity contribution in [3.63, 3.8) is 0 Å². The monoisotopic (exact) mass is 384 g/mol. The Balaban J connectivity index is 5.42. The van der Waals surface area contributed by atoms with Crippen LogP contribution in [-0.2, 0) is 9.47 Å². The summed E-state index contributed by atoms with van der Waals surface area (Å²) in [5.41, 5.74) is 4.96. The molecule has 0 bridgehead atoms. The van der Waals surface area contributed by atoms with Gasteiger partial charge in [-0.05, 0) is 58.6 Å². The number of rotatable bonds is 14. The SMILES string of the molecule is C=C(/C=C(/CCOC)C(=C)OC)C(=C)/C(=C\C(=C)C(C)/C=C\C(C)CC)CC. The molecule has 0 amide bonds. The van der Waals surface area contributed by atoms with E-state index in [-0.39, 0.29) is 5.92 Å². The lowest BCUT2D eigenvalue weighted by molar-refractivity contribution is 0.199. The number of hydrogen-bond acceptors (Lipinski definition) is 2. The summed E-state index contributed by atoms with van der Waals surface area (Å²) in [6.07, 6.45) is 11.4. The van der Waals surface area contributed by atoms with E-state index >= 15 is 0 Å². The Kier molecular flexibility index (Phi) is 13.0. The van der Waals surface area contributed by atoms with Crippen molar-refractivity contribution in [3.05, 3.63) is 84.2 Å². The first-order valence-electron chi connectivity index (χ1n) is 10.1. The Hall–Kier alpha value is -2.06. The summed E-state index contributed by atoms with van der Waals surface area (Å²) in [7, 11) is 3.30. The van der Waals surface area contributed by atoms with Crippen molar-refractivity contribution >= 4 is 0 Å². The van der Waals surface area contributed by atoms with Crippen molar-refractivity contribution in [2.24, 2.45) is 11.8 Å². The van der Waals surface area contributed by atoms with Crippen LogP contribution >= 0.6 is 0 Å². The van der Waals surface area contributed by atoms with E-state index in [0.717, 1.165) is 40.7 Å². The molecule has 28 heavy (non-hydrogen) atoms. The third-order valence-electron chi connectivity index (χ3n) is 5.00. The fourth-order valence-corrected chi connectivity index (χ4v) is 2.51. The van der Waals surface area contributed by atoms with Gasteiger partial charge in [-0.3, -0.25) is 0 Å². The number of hydrogen-bond donors (Lipinski definition) is 0. The second kappa shape index (κ2) is 14.0. The smallest absolute Gasteiger partial charge is 0.114 e. The maximum absolute atomic E-state index is 5.30. The summed E-state index contributed by atoms with van der Waals surface area (Å²) in [6.45, 7) is 26.0. The highest BCUT2D eigenvalue weighted by Gasteiger charge is 2.10. The second-order valence-electron chi connectivity index (χ2n) is 7.20. The van der Waals surface area contributed by atoms with Gasteiger partial charge in [0.15, 0.2) is 0 Å². The molecular formula is C26H40O2. The molecule has 0 aromatic carbocycles. The predicted molar refractivity (Wildman–Crippen MR) is 124 cm³/mol. The summed E-state index contributed by atoms with van der Waals surface area (Å²) >= 11 is 0. The van der Waals surface area contributed by atoms with E-state index in [1.807, 2.05) is 6.08 Å². The Morgan fingerprint density at radius 2 is 1.57 bits per heavy atom. The average Bonchev–Trinajstić information content (AvgIpc) is 2.70. The zero-order chi connectivity index (χ0) is 21.7. The van der Waals surface area contributed by atoms with Crippen molar-refractivity contribution in [3.8, 4) is 0 Å². The van der Waals surface area contributed by atoms with Gasteiger partial charge in [-0.15, -0.1) is 0 Å². The molecule has 0 aliphatic carbocycles. The Morgan fingerprint density at radius 1 is 0.929 bits per heavy atom. The van der Waals surface area contributed by atoms with Crippen LogP contribution in [0.1, 0.15) is 47.0 Å². The largest absolute Gasteiger partial charge is 0.497 e. The number of ether oxygens (including phenoxy) is 2. The van der Waals surface area contributed by atoms with Crippen LogP contribution in [0.4, 0.5) is 0 Å². The molecule has 0 aromatic rings. The number of allylic oxidation sites excluding steroid dienone is 9. The molecule has 0 radical (unpaired) electrons. The molecule has 0 rings (SSSR count). The predicted octanol–water partition coefficient (Wildman–Crippen LogP) is 7.35. The molecule has 2 nitrogen and oxygen atoms in total. The molecule has 0 saturated heterocycles. The standard InChI is InChI=1S/C26H40O2/c1-11-19(3)13-14-20(4)21(5)17-25(12-2)23(7)22(6)18-26(15-16-27-9)24(8)28-10/h13-14,17-20H,5-8,11-12,15-16H2,1-4,9-10H3/b14-13-,25-17-,26-18-. The van der Waals surface area contributed by atoms with Gasteiger partial charge in [-0.1, -0.05) is 78.7 Å². The second-order valence-corrected chi connectivity index (χ2v) is 7.20. The molecule has 0 spiro atoms. The summed E-state index contributed by atoms with van der Waals surface area (Å²) in [6, 6.07) is 0. The lowest BCUT2D eigenvalue weighted by Gasteiger charge is -2.15. The summed E-state index contributed by atoms with van der Waals surface area (Å²) < 4.78 is 10.5. The molecule has 0 fully saturated rings. The van der Waals surface area contributed by atoms with Crippen LogP contribution in [-0.4, -0.2) is 20.8 Å². The first-order valence-corrected chi connectivity index (χ1v) is 10.1. The van der Waals surface area contributed by atoms with Gasteiger partial charge in [0.1, 0.15) is 5.76 Å². The minimum atomic E-state index is 0.290. The van der Waals surface area contributed by atoms with Crippen LogP contribution in [0.25, 0.3) is 0 Å². The highest BCUT2D eigenvalue weighted by molar-refractivity contribution is 5.52. The third kappa shape index (κ3) is 9.23. The zero-order valence-corrected chi connectivity index (χ0v) is 18.9. The van der Waals surface area contributed by atoms with Crippen LogP contribution in [0, 0.1) is 11.8 Å². The first kappa shape index (κ1) is 25.9. The van der Waals surface area contributed by atoms with Crippen molar-refractivity contribution in [1.29, 1.82) is 0 Å². The quantitative estimate of drug-likeness (QED) is 0.177. The summed E-state index contributed by atoms with van der Waals surface area (Å²) in [5.74, 6) is 1.50. The van der Waals surface area contributed by atoms with Crippen LogP contribution in [0.2, 0.25) is 0 Å². The molecule has 0 saturated carbocycles. The van der Waals surface area contributed by atoms with Crippen molar-refractivity contribution in [1.82, 2.24) is 0 Å². The zero-order valence-electron chi connectivity index (χ0n) is 18.9. The Bertz CT molecular complexity index is 643. The van der Waals surface area contributed by atoms with Gasteiger partial charge in [0, 0.05) is 7.11 Å². The van der Waals surface area contributed by atoms with Crippen molar-refractivity contribution < 1.29 is 9.47 Å². The van der Waals surface area contributed by atoms with Crippen LogP contribution < -0.4 is 0 Å². The molecular weight excluding hydrogens is 344 g/mol. The van der Waals surface area contributed by atoms with Gasteiger partial charge >= 0.3 is 0 Å². The lowest BCUT2D eigenvalue weighted by atomic mass is 9.91. The molecule has 2 atom stereocenters. The molecule has 0 aromatic heterocycles. The Labute approximate surface area is 173 Å². The van der Waals surface area contributed by atoms with Gasteiger partial charge in [-0.2, -0.15) is 0 Å². The van der Waals surface area contributed by atoms with E-state index in [1.54, 1.807) is 14.2 Å². The van der Waals surface area contributed by atoms with E-state index in [2.05, 4.69) is 72.2 Å². The molecule has 2 unspecified atom stereocenters.